The summed E-state index contributed by atoms with van der Waals surface area (Å²) in [6.07, 6.45) is -5.32. The van der Waals surface area contributed by atoms with E-state index in [1.807, 2.05) is 5.32 Å². The summed E-state index contributed by atoms with van der Waals surface area (Å²) in [6.45, 7) is -0.900. The van der Waals surface area contributed by atoms with Crippen LogP contribution in [0.5, 0.6) is 0 Å². The van der Waals surface area contributed by atoms with Crippen LogP contribution in [0.15, 0.2) is 47.4 Å². The molecule has 2 N–H and O–H groups in total. The molecule has 2 aromatic rings. The Labute approximate surface area is 182 Å². The van der Waals surface area contributed by atoms with Gasteiger partial charge in [-0.3, -0.25) is 24.5 Å². The SMILES string of the molecule is O=C(COC(=O)CC1Sc2ccccc2NC1=O)Nc1ccc([N+](=O)[O-])cc1C(F)(F)F. The van der Waals surface area contributed by atoms with Crippen LogP contribution in [0, 0.1) is 10.1 Å². The largest absolute Gasteiger partial charge is 0.456 e. The van der Waals surface area contributed by atoms with Gasteiger partial charge in [0, 0.05) is 17.0 Å². The average molecular weight is 469 g/mol. The van der Waals surface area contributed by atoms with Gasteiger partial charge in [0.1, 0.15) is 0 Å². The van der Waals surface area contributed by atoms with E-state index in [1.54, 1.807) is 24.3 Å². The van der Waals surface area contributed by atoms with Crippen molar-refractivity contribution in [3.8, 4) is 0 Å². The van der Waals surface area contributed by atoms with E-state index < -0.39 is 57.7 Å². The molecule has 0 saturated heterocycles. The number of hydrogen-bond donors (Lipinski definition) is 2. The van der Waals surface area contributed by atoms with E-state index in [1.165, 1.54) is 0 Å². The van der Waals surface area contributed by atoms with Crippen molar-refractivity contribution in [1.29, 1.82) is 0 Å². The summed E-state index contributed by atoms with van der Waals surface area (Å²) >= 11 is 1.15. The molecular formula is C19H14F3N3O6S. The Balaban J connectivity index is 1.58. The van der Waals surface area contributed by atoms with Crippen molar-refractivity contribution in [3.05, 3.63) is 58.1 Å². The molecule has 3 rings (SSSR count). The number of nitro benzene ring substituents is 1. The lowest BCUT2D eigenvalue weighted by Crippen LogP contribution is -2.32. The van der Waals surface area contributed by atoms with Crippen LogP contribution >= 0.6 is 11.8 Å². The fraction of sp³-hybridized carbons (Fsp3) is 0.211. The van der Waals surface area contributed by atoms with Crippen LogP contribution in [0.2, 0.25) is 0 Å². The number of amides is 2. The fourth-order valence-electron chi connectivity index (χ4n) is 2.76. The number of carbonyl (C=O) groups excluding carboxylic acids is 3. The zero-order valence-electron chi connectivity index (χ0n) is 16.0. The standard InChI is InChI=1S/C19H14F3N3O6S/c20-19(21,22)11-7-10(25(29)30)5-6-12(11)23-16(26)9-31-17(27)8-15-18(28)24-13-3-1-2-4-14(13)32-15/h1-7,15H,8-9H2,(H,23,26)(H,24,28). The Kier molecular flexibility index (Phi) is 6.67. The first-order valence-corrected chi connectivity index (χ1v) is 9.80. The first-order chi connectivity index (χ1) is 15.0. The number of halogens is 3. The molecule has 0 aromatic heterocycles. The zero-order chi connectivity index (χ0) is 23.5. The van der Waals surface area contributed by atoms with Crippen LogP contribution in [-0.2, 0) is 25.3 Å². The maximum atomic E-state index is 13.2. The van der Waals surface area contributed by atoms with E-state index in [4.69, 9.17) is 4.74 Å². The topological polar surface area (TPSA) is 128 Å². The number of anilines is 2. The first-order valence-electron chi connectivity index (χ1n) is 8.92. The molecule has 0 radical (unpaired) electrons. The molecule has 1 aliphatic rings. The highest BCUT2D eigenvalue weighted by molar-refractivity contribution is 8.01. The van der Waals surface area contributed by atoms with Crippen molar-refractivity contribution in [2.24, 2.45) is 0 Å². The van der Waals surface area contributed by atoms with Crippen LogP contribution < -0.4 is 10.6 Å². The molecule has 0 spiro atoms. The van der Waals surface area contributed by atoms with Crippen molar-refractivity contribution >= 4 is 46.6 Å². The Bertz CT molecular complexity index is 1090. The van der Waals surface area contributed by atoms with Gasteiger partial charge in [-0.05, 0) is 18.2 Å². The highest BCUT2D eigenvalue weighted by Crippen LogP contribution is 2.38. The number of hydrogen-bond acceptors (Lipinski definition) is 7. The molecule has 0 fully saturated rings. The summed E-state index contributed by atoms with van der Waals surface area (Å²) in [5, 5.41) is 14.5. The molecule has 13 heteroatoms. The maximum absolute atomic E-state index is 13.2. The second-order valence-electron chi connectivity index (χ2n) is 6.49. The van der Waals surface area contributed by atoms with Crippen LogP contribution in [0.3, 0.4) is 0 Å². The zero-order valence-corrected chi connectivity index (χ0v) is 16.8. The Morgan fingerprint density at radius 2 is 1.94 bits per heavy atom. The van der Waals surface area contributed by atoms with E-state index in [0.29, 0.717) is 11.8 Å². The first kappa shape index (κ1) is 23.1. The second-order valence-corrected chi connectivity index (χ2v) is 7.73. The van der Waals surface area contributed by atoms with Gasteiger partial charge < -0.3 is 15.4 Å². The number of benzene rings is 2. The van der Waals surface area contributed by atoms with Gasteiger partial charge in [0.25, 0.3) is 11.6 Å². The minimum Gasteiger partial charge on any atom is -0.456 e. The number of nitro groups is 1. The predicted octanol–water partition coefficient (Wildman–Crippen LogP) is 3.60. The van der Waals surface area contributed by atoms with Crippen LogP contribution in [0.25, 0.3) is 0 Å². The predicted molar refractivity (Wildman–Crippen MR) is 107 cm³/mol. The highest BCUT2D eigenvalue weighted by atomic mass is 32.2. The smallest absolute Gasteiger partial charge is 0.418 e. The fourth-order valence-corrected chi connectivity index (χ4v) is 3.85. The number of esters is 1. The third kappa shape index (κ3) is 5.55. The summed E-state index contributed by atoms with van der Waals surface area (Å²) in [7, 11) is 0. The van der Waals surface area contributed by atoms with Crippen LogP contribution in [-0.4, -0.2) is 34.6 Å². The molecule has 0 bridgehead atoms. The van der Waals surface area contributed by atoms with Crippen LogP contribution in [0.1, 0.15) is 12.0 Å². The van der Waals surface area contributed by atoms with Gasteiger partial charge in [-0.15, -0.1) is 11.8 Å². The normalized spacial score (nSPS) is 15.3. The van der Waals surface area contributed by atoms with Crippen molar-refractivity contribution in [1.82, 2.24) is 0 Å². The molecule has 32 heavy (non-hydrogen) atoms. The number of nitrogens with zero attached hydrogens (tertiary/aromatic N) is 1. The average Bonchev–Trinajstić information content (AvgIpc) is 2.72. The van der Waals surface area contributed by atoms with Crippen molar-refractivity contribution in [2.45, 2.75) is 22.7 Å². The van der Waals surface area contributed by atoms with Gasteiger partial charge >= 0.3 is 12.1 Å². The number of ether oxygens (including phenoxy) is 1. The molecule has 2 amide bonds. The van der Waals surface area contributed by atoms with Crippen molar-refractivity contribution in [2.75, 3.05) is 17.2 Å². The minimum absolute atomic E-state index is 0.290. The number of alkyl halides is 3. The lowest BCUT2D eigenvalue weighted by Gasteiger charge is -2.23. The van der Waals surface area contributed by atoms with Gasteiger partial charge in [0.05, 0.1) is 33.5 Å². The quantitative estimate of drug-likeness (QED) is 0.376. The number of nitrogens with one attached hydrogen (secondary N) is 2. The second kappa shape index (κ2) is 9.26. The van der Waals surface area contributed by atoms with Crippen molar-refractivity contribution < 1.29 is 37.2 Å². The minimum atomic E-state index is -4.97. The third-order valence-electron chi connectivity index (χ3n) is 4.22. The number of thioether (sulfide) groups is 1. The molecule has 1 unspecified atom stereocenters. The summed E-state index contributed by atoms with van der Waals surface area (Å²) < 4.78 is 44.2. The Morgan fingerprint density at radius 1 is 1.22 bits per heavy atom. The summed E-state index contributed by atoms with van der Waals surface area (Å²) in [5.74, 6) is -2.40. The molecule has 1 atom stereocenters. The molecule has 0 aliphatic carbocycles. The monoisotopic (exact) mass is 469 g/mol. The summed E-state index contributed by atoms with van der Waals surface area (Å²) in [4.78, 5) is 46.5. The number of para-hydroxylation sites is 1. The molecule has 9 nitrogen and oxygen atoms in total. The summed E-state index contributed by atoms with van der Waals surface area (Å²) in [5.41, 5.74) is -2.33. The van der Waals surface area contributed by atoms with E-state index in [9.17, 15) is 37.7 Å². The van der Waals surface area contributed by atoms with Gasteiger partial charge in [0.2, 0.25) is 5.91 Å². The van der Waals surface area contributed by atoms with E-state index in [2.05, 4.69) is 5.32 Å². The van der Waals surface area contributed by atoms with E-state index in [-0.39, 0.29) is 6.42 Å². The number of rotatable bonds is 6. The maximum Gasteiger partial charge on any atom is 0.418 e. The molecule has 1 aliphatic heterocycles. The number of non-ortho nitro benzene ring substituents is 1. The van der Waals surface area contributed by atoms with E-state index >= 15 is 0 Å². The summed E-state index contributed by atoms with van der Waals surface area (Å²) in [6, 6.07) is 8.78. The third-order valence-corrected chi connectivity index (χ3v) is 5.49. The van der Waals surface area contributed by atoms with Gasteiger partial charge in [-0.25, -0.2) is 0 Å². The van der Waals surface area contributed by atoms with Gasteiger partial charge in [-0.2, -0.15) is 13.2 Å². The number of carbonyl (C=O) groups is 3. The molecule has 2 aromatic carbocycles. The lowest BCUT2D eigenvalue weighted by molar-refractivity contribution is -0.385. The molecular weight excluding hydrogens is 455 g/mol. The van der Waals surface area contributed by atoms with E-state index in [0.717, 1.165) is 28.8 Å². The van der Waals surface area contributed by atoms with Gasteiger partial charge in [0.15, 0.2) is 6.61 Å². The molecule has 168 valence electrons. The number of fused-ring (bicyclic) bond motifs is 1. The Hall–Kier alpha value is -3.61. The molecule has 1 heterocycles. The van der Waals surface area contributed by atoms with Gasteiger partial charge in [-0.1, -0.05) is 12.1 Å². The lowest BCUT2D eigenvalue weighted by atomic mass is 10.1. The van der Waals surface area contributed by atoms with Crippen LogP contribution in [0.4, 0.5) is 30.2 Å². The highest BCUT2D eigenvalue weighted by Gasteiger charge is 2.36. The van der Waals surface area contributed by atoms with Crippen molar-refractivity contribution in [3.63, 3.8) is 0 Å². The Morgan fingerprint density at radius 3 is 2.62 bits per heavy atom. The molecule has 0 saturated carbocycles.